The maximum atomic E-state index is 6.08. The Morgan fingerprint density at radius 1 is 1.35 bits per heavy atom. The Balaban J connectivity index is 1.74. The van der Waals surface area contributed by atoms with E-state index < -0.39 is 0 Å². The van der Waals surface area contributed by atoms with Crippen LogP contribution in [0.2, 0.25) is 0 Å². The standard InChI is InChI=1S/C14H20N2O/c15-13-6-3-4-11-7-8-16(14(11)13)10-12-5-1-2-9-17-12/h3-4,6,12H,1-2,5,7-10,15H2. The van der Waals surface area contributed by atoms with Crippen LogP contribution in [0.25, 0.3) is 0 Å². The van der Waals surface area contributed by atoms with Crippen molar-refractivity contribution >= 4 is 11.4 Å². The molecule has 0 radical (unpaired) electrons. The van der Waals surface area contributed by atoms with Gasteiger partial charge in [-0.15, -0.1) is 0 Å². The molecule has 1 fully saturated rings. The molecule has 92 valence electrons. The first-order valence-electron chi connectivity index (χ1n) is 6.58. The molecule has 3 rings (SSSR count). The highest BCUT2D eigenvalue weighted by Crippen LogP contribution is 2.34. The number of nitrogens with two attached hydrogens (primary N) is 1. The predicted molar refractivity (Wildman–Crippen MR) is 70.4 cm³/mol. The van der Waals surface area contributed by atoms with E-state index in [9.17, 15) is 0 Å². The molecule has 0 amide bonds. The third-order valence-corrected chi connectivity index (χ3v) is 3.82. The van der Waals surface area contributed by atoms with Crippen LogP contribution in [0.3, 0.4) is 0 Å². The van der Waals surface area contributed by atoms with Crippen molar-refractivity contribution in [2.75, 3.05) is 30.3 Å². The maximum absolute atomic E-state index is 6.08. The van der Waals surface area contributed by atoms with Crippen molar-refractivity contribution in [2.24, 2.45) is 0 Å². The van der Waals surface area contributed by atoms with E-state index >= 15 is 0 Å². The van der Waals surface area contributed by atoms with Crippen molar-refractivity contribution in [3.63, 3.8) is 0 Å². The molecule has 1 unspecified atom stereocenters. The fraction of sp³-hybridized carbons (Fsp3) is 0.571. The lowest BCUT2D eigenvalue weighted by Crippen LogP contribution is -2.35. The van der Waals surface area contributed by atoms with Crippen molar-refractivity contribution in [1.29, 1.82) is 0 Å². The monoisotopic (exact) mass is 232 g/mol. The van der Waals surface area contributed by atoms with Crippen LogP contribution in [0.4, 0.5) is 11.4 Å². The zero-order chi connectivity index (χ0) is 11.7. The van der Waals surface area contributed by atoms with Gasteiger partial charge in [0.05, 0.1) is 17.5 Å². The molecule has 1 aromatic rings. The first kappa shape index (κ1) is 10.9. The number of anilines is 2. The number of nitrogens with zero attached hydrogens (tertiary/aromatic N) is 1. The van der Waals surface area contributed by atoms with Crippen LogP contribution in [-0.4, -0.2) is 25.8 Å². The lowest BCUT2D eigenvalue weighted by atomic mass is 10.1. The van der Waals surface area contributed by atoms with Crippen LogP contribution in [0, 0.1) is 0 Å². The highest BCUT2D eigenvalue weighted by molar-refractivity contribution is 5.74. The van der Waals surface area contributed by atoms with Crippen LogP contribution < -0.4 is 10.6 Å². The van der Waals surface area contributed by atoms with Gasteiger partial charge in [-0.1, -0.05) is 12.1 Å². The summed E-state index contributed by atoms with van der Waals surface area (Å²) >= 11 is 0. The van der Waals surface area contributed by atoms with Gasteiger partial charge in [-0.2, -0.15) is 0 Å². The molecule has 2 aliphatic rings. The molecular formula is C14H20N2O. The molecule has 0 saturated carbocycles. The Labute approximate surface area is 103 Å². The summed E-state index contributed by atoms with van der Waals surface area (Å²) in [5, 5.41) is 0. The number of nitrogen functional groups attached to an aromatic ring is 1. The fourth-order valence-corrected chi connectivity index (χ4v) is 2.95. The third-order valence-electron chi connectivity index (χ3n) is 3.82. The van der Waals surface area contributed by atoms with E-state index in [1.54, 1.807) is 0 Å². The third kappa shape index (κ3) is 2.12. The van der Waals surface area contributed by atoms with Crippen LogP contribution >= 0.6 is 0 Å². The summed E-state index contributed by atoms with van der Waals surface area (Å²) in [4.78, 5) is 2.40. The van der Waals surface area contributed by atoms with Crippen molar-refractivity contribution in [3.05, 3.63) is 23.8 Å². The quantitative estimate of drug-likeness (QED) is 0.794. The van der Waals surface area contributed by atoms with Crippen molar-refractivity contribution < 1.29 is 4.74 Å². The molecule has 1 atom stereocenters. The van der Waals surface area contributed by atoms with Gasteiger partial charge in [0.25, 0.3) is 0 Å². The van der Waals surface area contributed by atoms with Crippen LogP contribution in [0.1, 0.15) is 24.8 Å². The second-order valence-corrected chi connectivity index (χ2v) is 5.04. The maximum Gasteiger partial charge on any atom is 0.0749 e. The number of ether oxygens (including phenoxy) is 1. The summed E-state index contributed by atoms with van der Waals surface area (Å²) in [7, 11) is 0. The minimum atomic E-state index is 0.398. The number of rotatable bonds is 2. The van der Waals surface area contributed by atoms with Gasteiger partial charge < -0.3 is 15.4 Å². The first-order valence-corrected chi connectivity index (χ1v) is 6.58. The van der Waals surface area contributed by atoms with Gasteiger partial charge in [0.15, 0.2) is 0 Å². The van der Waals surface area contributed by atoms with Gasteiger partial charge in [0.2, 0.25) is 0 Å². The molecule has 2 heterocycles. The number of hydrogen-bond acceptors (Lipinski definition) is 3. The topological polar surface area (TPSA) is 38.5 Å². The van der Waals surface area contributed by atoms with E-state index in [0.29, 0.717) is 6.10 Å². The van der Waals surface area contributed by atoms with Crippen molar-refractivity contribution in [3.8, 4) is 0 Å². The van der Waals surface area contributed by atoms with E-state index in [1.165, 1.54) is 30.5 Å². The molecule has 0 spiro atoms. The molecule has 3 nitrogen and oxygen atoms in total. The van der Waals surface area contributed by atoms with Crippen molar-refractivity contribution in [2.45, 2.75) is 31.8 Å². The SMILES string of the molecule is Nc1cccc2c1N(CC1CCCCO1)CC2. The van der Waals surface area contributed by atoms with Gasteiger partial charge in [0, 0.05) is 19.7 Å². The van der Waals surface area contributed by atoms with Gasteiger partial charge in [0.1, 0.15) is 0 Å². The van der Waals surface area contributed by atoms with E-state index in [1.807, 2.05) is 6.07 Å². The zero-order valence-electron chi connectivity index (χ0n) is 10.2. The molecule has 2 N–H and O–H groups in total. The van der Waals surface area contributed by atoms with E-state index in [4.69, 9.17) is 10.5 Å². The molecule has 0 aromatic heterocycles. The molecule has 1 saturated heterocycles. The molecular weight excluding hydrogens is 212 g/mol. The Hall–Kier alpha value is -1.22. The van der Waals surface area contributed by atoms with Gasteiger partial charge >= 0.3 is 0 Å². The molecule has 2 aliphatic heterocycles. The number of benzene rings is 1. The Bertz CT molecular complexity index is 399. The summed E-state index contributed by atoms with van der Waals surface area (Å²) in [5.41, 5.74) is 9.64. The second kappa shape index (κ2) is 4.57. The lowest BCUT2D eigenvalue weighted by molar-refractivity contribution is 0.0212. The van der Waals surface area contributed by atoms with Crippen LogP contribution in [0.5, 0.6) is 0 Å². The average molecular weight is 232 g/mol. The largest absolute Gasteiger partial charge is 0.397 e. The van der Waals surface area contributed by atoms with Gasteiger partial charge in [-0.05, 0) is 37.3 Å². The minimum Gasteiger partial charge on any atom is -0.397 e. The van der Waals surface area contributed by atoms with Crippen LogP contribution in [0.15, 0.2) is 18.2 Å². The molecule has 1 aromatic carbocycles. The van der Waals surface area contributed by atoms with E-state index in [2.05, 4.69) is 17.0 Å². The molecule has 3 heteroatoms. The predicted octanol–water partition coefficient (Wildman–Crippen LogP) is 2.20. The smallest absolute Gasteiger partial charge is 0.0749 e. The van der Waals surface area contributed by atoms with Gasteiger partial charge in [-0.25, -0.2) is 0 Å². The number of para-hydroxylation sites is 1. The molecule has 0 bridgehead atoms. The summed E-state index contributed by atoms with van der Waals surface area (Å²) < 4.78 is 5.81. The Morgan fingerprint density at radius 3 is 3.12 bits per heavy atom. The zero-order valence-corrected chi connectivity index (χ0v) is 10.2. The summed E-state index contributed by atoms with van der Waals surface area (Å²) in [6, 6.07) is 6.24. The first-order chi connectivity index (χ1) is 8.34. The second-order valence-electron chi connectivity index (χ2n) is 5.04. The Morgan fingerprint density at radius 2 is 2.29 bits per heavy atom. The summed E-state index contributed by atoms with van der Waals surface area (Å²) in [6.45, 7) is 3.01. The van der Waals surface area contributed by atoms with Crippen molar-refractivity contribution in [1.82, 2.24) is 0 Å². The normalized spacial score (nSPS) is 23.8. The van der Waals surface area contributed by atoms with Gasteiger partial charge in [-0.3, -0.25) is 0 Å². The number of fused-ring (bicyclic) bond motifs is 1. The highest BCUT2D eigenvalue weighted by atomic mass is 16.5. The summed E-state index contributed by atoms with van der Waals surface area (Å²) in [5.74, 6) is 0. The van der Waals surface area contributed by atoms with Crippen LogP contribution in [-0.2, 0) is 11.2 Å². The van der Waals surface area contributed by atoms with E-state index in [0.717, 1.165) is 31.8 Å². The highest BCUT2D eigenvalue weighted by Gasteiger charge is 2.25. The average Bonchev–Trinajstić information content (AvgIpc) is 2.75. The molecule has 0 aliphatic carbocycles. The molecule has 17 heavy (non-hydrogen) atoms. The minimum absolute atomic E-state index is 0.398. The summed E-state index contributed by atoms with van der Waals surface area (Å²) in [6.07, 6.45) is 5.23. The number of hydrogen-bond donors (Lipinski definition) is 1. The lowest BCUT2D eigenvalue weighted by Gasteiger charge is -2.29. The Kier molecular flexibility index (Phi) is 2.93. The fourth-order valence-electron chi connectivity index (χ4n) is 2.95. The van der Waals surface area contributed by atoms with E-state index in [-0.39, 0.29) is 0 Å².